The molecular weight excluding hydrogens is 228 g/mol. The van der Waals surface area contributed by atoms with E-state index in [4.69, 9.17) is 4.42 Å². The number of nitrogens with one attached hydrogen (secondary N) is 1. The summed E-state index contributed by atoms with van der Waals surface area (Å²) in [6, 6.07) is 5.51. The highest BCUT2D eigenvalue weighted by atomic mass is 16.3. The van der Waals surface area contributed by atoms with Crippen LogP contribution in [0.2, 0.25) is 0 Å². The summed E-state index contributed by atoms with van der Waals surface area (Å²) in [4.78, 5) is 15.9. The molecule has 1 aromatic carbocycles. The minimum atomic E-state index is -0.136. The lowest BCUT2D eigenvalue weighted by Crippen LogP contribution is -2.07. The standard InChI is InChI=1S/C14H14N2O2/c1-2-3-13(17)15-10-6-7-12-11(8-10)16-14(18-12)9-4-5-9/h2-3,6-9H,4-5H2,1H3,(H,15,17)/b3-2+. The van der Waals surface area contributed by atoms with Gasteiger partial charge in [0.1, 0.15) is 5.52 Å². The summed E-state index contributed by atoms with van der Waals surface area (Å²) < 4.78 is 5.66. The van der Waals surface area contributed by atoms with Gasteiger partial charge in [-0.3, -0.25) is 4.79 Å². The van der Waals surface area contributed by atoms with E-state index in [1.165, 1.54) is 6.08 Å². The molecule has 3 rings (SSSR count). The molecule has 0 radical (unpaired) electrons. The SMILES string of the molecule is C/C=C/C(=O)Nc1ccc2oc(C3CC3)nc2c1. The Bertz CT molecular complexity index is 624. The van der Waals surface area contributed by atoms with Gasteiger partial charge in [0.15, 0.2) is 11.5 Å². The maximum Gasteiger partial charge on any atom is 0.248 e. The second-order valence-electron chi connectivity index (χ2n) is 4.50. The van der Waals surface area contributed by atoms with Crippen LogP contribution in [0.25, 0.3) is 11.1 Å². The van der Waals surface area contributed by atoms with Crippen molar-refractivity contribution >= 4 is 22.7 Å². The number of benzene rings is 1. The Balaban J connectivity index is 1.87. The molecule has 4 heteroatoms. The Morgan fingerprint density at radius 3 is 3.06 bits per heavy atom. The van der Waals surface area contributed by atoms with Crippen molar-refractivity contribution in [1.82, 2.24) is 4.98 Å². The second kappa shape index (κ2) is 4.29. The molecule has 0 aliphatic heterocycles. The fourth-order valence-electron chi connectivity index (χ4n) is 1.86. The molecule has 1 aliphatic rings. The van der Waals surface area contributed by atoms with Crippen LogP contribution in [0.4, 0.5) is 5.69 Å². The van der Waals surface area contributed by atoms with Crippen molar-refractivity contribution in [2.24, 2.45) is 0 Å². The second-order valence-corrected chi connectivity index (χ2v) is 4.50. The van der Waals surface area contributed by atoms with Gasteiger partial charge in [-0.25, -0.2) is 4.98 Å². The molecule has 4 nitrogen and oxygen atoms in total. The Labute approximate surface area is 105 Å². The van der Waals surface area contributed by atoms with Gasteiger partial charge in [-0.05, 0) is 44.0 Å². The van der Waals surface area contributed by atoms with Crippen LogP contribution in [0.1, 0.15) is 31.6 Å². The molecule has 92 valence electrons. The lowest BCUT2D eigenvalue weighted by Gasteiger charge is -2.00. The largest absolute Gasteiger partial charge is 0.440 e. The van der Waals surface area contributed by atoms with Crippen LogP contribution in [-0.4, -0.2) is 10.9 Å². The Morgan fingerprint density at radius 1 is 1.50 bits per heavy atom. The van der Waals surface area contributed by atoms with E-state index in [2.05, 4.69) is 10.3 Å². The van der Waals surface area contributed by atoms with Gasteiger partial charge in [0.2, 0.25) is 5.91 Å². The third-order valence-corrected chi connectivity index (χ3v) is 2.92. The average Bonchev–Trinajstić information content (AvgIpc) is 3.10. The summed E-state index contributed by atoms with van der Waals surface area (Å²) in [6.07, 6.45) is 5.52. The molecule has 1 aliphatic carbocycles. The highest BCUT2D eigenvalue weighted by molar-refractivity contribution is 6.00. The number of hydrogen-bond acceptors (Lipinski definition) is 3. The van der Waals surface area contributed by atoms with Crippen molar-refractivity contribution in [2.75, 3.05) is 5.32 Å². The van der Waals surface area contributed by atoms with E-state index in [0.29, 0.717) is 5.92 Å². The molecule has 0 spiro atoms. The highest BCUT2D eigenvalue weighted by Crippen LogP contribution is 2.40. The van der Waals surface area contributed by atoms with Crippen molar-refractivity contribution in [3.63, 3.8) is 0 Å². The van der Waals surface area contributed by atoms with Crippen LogP contribution < -0.4 is 5.32 Å². The van der Waals surface area contributed by atoms with Crippen LogP contribution in [-0.2, 0) is 4.79 Å². The van der Waals surface area contributed by atoms with E-state index in [9.17, 15) is 4.79 Å². The number of rotatable bonds is 3. The molecule has 1 saturated carbocycles. The minimum Gasteiger partial charge on any atom is -0.440 e. The molecule has 0 unspecified atom stereocenters. The Morgan fingerprint density at radius 2 is 2.33 bits per heavy atom. The Hall–Kier alpha value is -2.10. The third-order valence-electron chi connectivity index (χ3n) is 2.92. The molecule has 1 amide bonds. The zero-order chi connectivity index (χ0) is 12.5. The van der Waals surface area contributed by atoms with E-state index in [-0.39, 0.29) is 5.91 Å². The normalized spacial score (nSPS) is 15.4. The van der Waals surface area contributed by atoms with Gasteiger partial charge < -0.3 is 9.73 Å². The summed E-state index contributed by atoms with van der Waals surface area (Å²) in [5.41, 5.74) is 2.32. The van der Waals surface area contributed by atoms with Gasteiger partial charge >= 0.3 is 0 Å². The average molecular weight is 242 g/mol. The first-order valence-corrected chi connectivity index (χ1v) is 6.10. The summed E-state index contributed by atoms with van der Waals surface area (Å²) in [5.74, 6) is 1.18. The highest BCUT2D eigenvalue weighted by Gasteiger charge is 2.28. The summed E-state index contributed by atoms with van der Waals surface area (Å²) in [7, 11) is 0. The van der Waals surface area contributed by atoms with Crippen LogP contribution in [0.5, 0.6) is 0 Å². The first-order valence-electron chi connectivity index (χ1n) is 6.10. The lowest BCUT2D eigenvalue weighted by molar-refractivity contribution is -0.111. The van der Waals surface area contributed by atoms with Crippen molar-refractivity contribution < 1.29 is 9.21 Å². The molecule has 0 atom stereocenters. The van der Waals surface area contributed by atoms with Gasteiger partial charge in [0, 0.05) is 11.6 Å². The molecular formula is C14H14N2O2. The monoisotopic (exact) mass is 242 g/mol. The molecule has 1 aromatic heterocycles. The Kier molecular flexibility index (Phi) is 2.63. The third kappa shape index (κ3) is 2.14. The first kappa shape index (κ1) is 11.0. The van der Waals surface area contributed by atoms with Crippen molar-refractivity contribution in [2.45, 2.75) is 25.7 Å². The number of carbonyl (C=O) groups excluding carboxylic acids is 1. The maximum absolute atomic E-state index is 11.4. The fraction of sp³-hybridized carbons (Fsp3) is 0.286. The zero-order valence-corrected chi connectivity index (χ0v) is 10.1. The number of allylic oxidation sites excluding steroid dienone is 1. The predicted octanol–water partition coefficient (Wildman–Crippen LogP) is 3.22. The maximum atomic E-state index is 11.4. The fourth-order valence-corrected chi connectivity index (χ4v) is 1.86. The number of hydrogen-bond donors (Lipinski definition) is 1. The topological polar surface area (TPSA) is 55.1 Å². The predicted molar refractivity (Wildman–Crippen MR) is 69.4 cm³/mol. The van der Waals surface area contributed by atoms with Gasteiger partial charge in [-0.1, -0.05) is 6.08 Å². The minimum absolute atomic E-state index is 0.136. The molecule has 18 heavy (non-hydrogen) atoms. The number of aromatic nitrogens is 1. The van der Waals surface area contributed by atoms with Gasteiger partial charge in [0.05, 0.1) is 0 Å². The number of amides is 1. The summed E-state index contributed by atoms with van der Waals surface area (Å²) in [5, 5.41) is 2.78. The number of nitrogens with zero attached hydrogens (tertiary/aromatic N) is 1. The van der Waals surface area contributed by atoms with Crippen LogP contribution in [0.15, 0.2) is 34.8 Å². The smallest absolute Gasteiger partial charge is 0.248 e. The van der Waals surface area contributed by atoms with Gasteiger partial charge in [0.25, 0.3) is 0 Å². The van der Waals surface area contributed by atoms with E-state index in [1.807, 2.05) is 25.1 Å². The summed E-state index contributed by atoms with van der Waals surface area (Å²) in [6.45, 7) is 1.81. The zero-order valence-electron chi connectivity index (χ0n) is 10.1. The number of fused-ring (bicyclic) bond motifs is 1. The van der Waals surface area contributed by atoms with E-state index < -0.39 is 0 Å². The number of anilines is 1. The number of oxazole rings is 1. The van der Waals surface area contributed by atoms with Crippen molar-refractivity contribution in [3.8, 4) is 0 Å². The molecule has 1 N–H and O–H groups in total. The van der Waals surface area contributed by atoms with E-state index in [1.54, 1.807) is 6.08 Å². The van der Waals surface area contributed by atoms with Gasteiger partial charge in [-0.15, -0.1) is 0 Å². The van der Waals surface area contributed by atoms with Crippen LogP contribution in [0, 0.1) is 0 Å². The molecule has 1 heterocycles. The first-order chi connectivity index (χ1) is 8.76. The van der Waals surface area contributed by atoms with Crippen LogP contribution in [0.3, 0.4) is 0 Å². The number of carbonyl (C=O) groups is 1. The van der Waals surface area contributed by atoms with Crippen LogP contribution >= 0.6 is 0 Å². The van der Waals surface area contributed by atoms with Gasteiger partial charge in [-0.2, -0.15) is 0 Å². The lowest BCUT2D eigenvalue weighted by atomic mass is 10.3. The van der Waals surface area contributed by atoms with Crippen molar-refractivity contribution in [1.29, 1.82) is 0 Å². The summed E-state index contributed by atoms with van der Waals surface area (Å²) >= 11 is 0. The van der Waals surface area contributed by atoms with E-state index in [0.717, 1.165) is 35.5 Å². The molecule has 0 saturated heterocycles. The molecule has 2 aromatic rings. The molecule has 0 bridgehead atoms. The van der Waals surface area contributed by atoms with E-state index >= 15 is 0 Å². The molecule has 1 fully saturated rings. The quantitative estimate of drug-likeness (QED) is 0.841. The van der Waals surface area contributed by atoms with Crippen molar-refractivity contribution in [3.05, 3.63) is 36.2 Å².